The number of para-hydroxylation sites is 2. The molecule has 0 spiro atoms. The van der Waals surface area contributed by atoms with Gasteiger partial charge in [0.1, 0.15) is 17.1 Å². The van der Waals surface area contributed by atoms with E-state index in [0.29, 0.717) is 17.7 Å². The van der Waals surface area contributed by atoms with Gasteiger partial charge in [-0.2, -0.15) is 5.10 Å². The first-order valence-electron chi connectivity index (χ1n) is 5.08. The van der Waals surface area contributed by atoms with E-state index in [-0.39, 0.29) is 5.75 Å². The topological polar surface area (TPSA) is 55.1 Å². The fraction of sp³-hybridized carbons (Fsp3) is 0.167. The van der Waals surface area contributed by atoms with Gasteiger partial charge in [0.25, 0.3) is 0 Å². The molecule has 1 aromatic carbocycles. The number of rotatable bonds is 3. The predicted octanol–water partition coefficient (Wildman–Crippen LogP) is 1.95. The standard InChI is InChI=1S/C12H12N2O2/c1-2-10-7-9(8-15)13-14(10)11-5-3-4-6-12(11)16/h3-8,16H,2H2,1H3. The molecule has 1 heterocycles. The number of aryl methyl sites for hydroxylation is 1. The van der Waals surface area contributed by atoms with E-state index in [0.717, 1.165) is 12.1 Å². The van der Waals surface area contributed by atoms with Gasteiger partial charge >= 0.3 is 0 Å². The predicted molar refractivity (Wildman–Crippen MR) is 60.0 cm³/mol. The van der Waals surface area contributed by atoms with Gasteiger partial charge in [0.2, 0.25) is 0 Å². The maximum Gasteiger partial charge on any atom is 0.170 e. The molecular formula is C12H12N2O2. The first kappa shape index (κ1) is 10.4. The smallest absolute Gasteiger partial charge is 0.170 e. The number of aromatic hydroxyl groups is 1. The van der Waals surface area contributed by atoms with Crippen LogP contribution in [0.5, 0.6) is 5.75 Å². The van der Waals surface area contributed by atoms with Crippen molar-refractivity contribution < 1.29 is 9.90 Å². The summed E-state index contributed by atoms with van der Waals surface area (Å²) in [7, 11) is 0. The summed E-state index contributed by atoms with van der Waals surface area (Å²) in [5.74, 6) is 0.151. The van der Waals surface area contributed by atoms with Crippen LogP contribution >= 0.6 is 0 Å². The summed E-state index contributed by atoms with van der Waals surface area (Å²) >= 11 is 0. The molecule has 0 aliphatic carbocycles. The number of hydrogen-bond acceptors (Lipinski definition) is 3. The van der Waals surface area contributed by atoms with Crippen LogP contribution < -0.4 is 0 Å². The van der Waals surface area contributed by atoms with Crippen LogP contribution in [0.25, 0.3) is 5.69 Å². The fourth-order valence-electron chi connectivity index (χ4n) is 1.60. The Labute approximate surface area is 93.1 Å². The maximum absolute atomic E-state index is 10.7. The third kappa shape index (κ3) is 1.69. The molecule has 0 unspecified atom stereocenters. The van der Waals surface area contributed by atoms with Crippen LogP contribution in [-0.2, 0) is 6.42 Å². The molecule has 0 radical (unpaired) electrons. The monoisotopic (exact) mass is 216 g/mol. The van der Waals surface area contributed by atoms with Crippen molar-refractivity contribution in [1.82, 2.24) is 9.78 Å². The van der Waals surface area contributed by atoms with Gasteiger partial charge in [-0.3, -0.25) is 4.79 Å². The Hall–Kier alpha value is -2.10. The first-order valence-corrected chi connectivity index (χ1v) is 5.08. The molecule has 4 heteroatoms. The van der Waals surface area contributed by atoms with Gasteiger partial charge in [0.15, 0.2) is 6.29 Å². The summed E-state index contributed by atoms with van der Waals surface area (Å²) in [4.78, 5) is 10.7. The van der Waals surface area contributed by atoms with Crippen molar-refractivity contribution in [3.63, 3.8) is 0 Å². The number of hydrogen-bond donors (Lipinski definition) is 1. The summed E-state index contributed by atoms with van der Waals surface area (Å²) in [5.41, 5.74) is 1.86. The molecule has 0 saturated heterocycles. The molecular weight excluding hydrogens is 204 g/mol. The lowest BCUT2D eigenvalue weighted by Gasteiger charge is -2.07. The van der Waals surface area contributed by atoms with Crippen LogP contribution in [0.2, 0.25) is 0 Å². The van der Waals surface area contributed by atoms with Gasteiger partial charge in [0, 0.05) is 5.69 Å². The number of benzene rings is 1. The minimum absolute atomic E-state index is 0.151. The highest BCUT2D eigenvalue weighted by Crippen LogP contribution is 2.22. The van der Waals surface area contributed by atoms with E-state index < -0.39 is 0 Å². The average molecular weight is 216 g/mol. The van der Waals surface area contributed by atoms with Crippen LogP contribution in [0.15, 0.2) is 30.3 Å². The van der Waals surface area contributed by atoms with Crippen LogP contribution in [0.4, 0.5) is 0 Å². The summed E-state index contributed by atoms with van der Waals surface area (Å²) in [6.45, 7) is 1.97. The first-order chi connectivity index (χ1) is 7.76. The number of carbonyl (C=O) groups is 1. The zero-order valence-electron chi connectivity index (χ0n) is 8.92. The second kappa shape index (κ2) is 4.18. The molecule has 16 heavy (non-hydrogen) atoms. The molecule has 4 nitrogen and oxygen atoms in total. The third-order valence-corrected chi connectivity index (χ3v) is 2.39. The Bertz CT molecular complexity index is 517. The molecule has 82 valence electrons. The zero-order valence-corrected chi connectivity index (χ0v) is 8.92. The number of carbonyl (C=O) groups excluding carboxylic acids is 1. The summed E-state index contributed by atoms with van der Waals surface area (Å²) in [5, 5.41) is 13.8. The van der Waals surface area contributed by atoms with Crippen molar-refractivity contribution in [2.75, 3.05) is 0 Å². The Morgan fingerprint density at radius 1 is 1.44 bits per heavy atom. The second-order valence-electron chi connectivity index (χ2n) is 3.43. The summed E-state index contributed by atoms with van der Waals surface area (Å²) in [6.07, 6.45) is 1.45. The summed E-state index contributed by atoms with van der Waals surface area (Å²) in [6, 6.07) is 8.64. The van der Waals surface area contributed by atoms with Gasteiger partial charge in [0.05, 0.1) is 0 Å². The molecule has 0 amide bonds. The van der Waals surface area contributed by atoms with E-state index in [1.807, 2.05) is 13.0 Å². The van der Waals surface area contributed by atoms with Crippen LogP contribution in [0.3, 0.4) is 0 Å². The second-order valence-corrected chi connectivity index (χ2v) is 3.43. The van der Waals surface area contributed by atoms with Crippen molar-refractivity contribution in [3.8, 4) is 11.4 Å². The number of phenolic OH excluding ortho intramolecular Hbond substituents is 1. The van der Waals surface area contributed by atoms with E-state index in [4.69, 9.17) is 0 Å². The van der Waals surface area contributed by atoms with E-state index in [9.17, 15) is 9.90 Å². The van der Waals surface area contributed by atoms with Crippen LogP contribution in [0.1, 0.15) is 23.1 Å². The number of phenols is 1. The van der Waals surface area contributed by atoms with Crippen molar-refractivity contribution >= 4 is 6.29 Å². The maximum atomic E-state index is 10.7. The van der Waals surface area contributed by atoms with E-state index in [2.05, 4.69) is 5.10 Å². The average Bonchev–Trinajstić information content (AvgIpc) is 2.72. The fourth-order valence-corrected chi connectivity index (χ4v) is 1.60. The molecule has 0 aliphatic rings. The zero-order chi connectivity index (χ0) is 11.5. The molecule has 1 N–H and O–H groups in total. The molecule has 0 atom stereocenters. The van der Waals surface area contributed by atoms with E-state index >= 15 is 0 Å². The molecule has 1 aromatic heterocycles. The Morgan fingerprint density at radius 2 is 2.19 bits per heavy atom. The van der Waals surface area contributed by atoms with Crippen molar-refractivity contribution in [2.45, 2.75) is 13.3 Å². The van der Waals surface area contributed by atoms with E-state index in [1.54, 1.807) is 28.9 Å². The molecule has 0 saturated carbocycles. The lowest BCUT2D eigenvalue weighted by atomic mass is 10.2. The molecule has 2 rings (SSSR count). The minimum Gasteiger partial charge on any atom is -0.506 e. The largest absolute Gasteiger partial charge is 0.506 e. The molecule has 2 aromatic rings. The summed E-state index contributed by atoms with van der Waals surface area (Å²) < 4.78 is 1.60. The lowest BCUT2D eigenvalue weighted by molar-refractivity contribution is 0.111. The highest BCUT2D eigenvalue weighted by atomic mass is 16.3. The Kier molecular flexibility index (Phi) is 2.72. The van der Waals surface area contributed by atoms with Crippen molar-refractivity contribution in [1.29, 1.82) is 0 Å². The highest BCUT2D eigenvalue weighted by Gasteiger charge is 2.10. The number of aldehydes is 1. The molecule has 0 bridgehead atoms. The lowest BCUT2D eigenvalue weighted by Crippen LogP contribution is -2.01. The number of aromatic nitrogens is 2. The van der Waals surface area contributed by atoms with Gasteiger partial charge in [-0.1, -0.05) is 19.1 Å². The van der Waals surface area contributed by atoms with Crippen LogP contribution in [-0.4, -0.2) is 21.2 Å². The molecule has 0 aliphatic heterocycles. The molecule has 0 fully saturated rings. The van der Waals surface area contributed by atoms with Crippen LogP contribution in [0, 0.1) is 0 Å². The van der Waals surface area contributed by atoms with E-state index in [1.165, 1.54) is 0 Å². The van der Waals surface area contributed by atoms with Gasteiger partial charge in [-0.25, -0.2) is 4.68 Å². The normalized spacial score (nSPS) is 10.3. The highest BCUT2D eigenvalue weighted by molar-refractivity contribution is 5.72. The third-order valence-electron chi connectivity index (χ3n) is 2.39. The minimum atomic E-state index is 0.151. The SMILES string of the molecule is CCc1cc(C=O)nn1-c1ccccc1O. The Balaban J connectivity index is 2.59. The quantitative estimate of drug-likeness (QED) is 0.798. The van der Waals surface area contributed by atoms with Crippen molar-refractivity contribution in [3.05, 3.63) is 41.7 Å². The van der Waals surface area contributed by atoms with Gasteiger partial charge in [-0.15, -0.1) is 0 Å². The Morgan fingerprint density at radius 3 is 2.81 bits per heavy atom. The van der Waals surface area contributed by atoms with Crippen molar-refractivity contribution in [2.24, 2.45) is 0 Å². The number of nitrogens with zero attached hydrogens (tertiary/aromatic N) is 2. The van der Waals surface area contributed by atoms with Gasteiger partial charge < -0.3 is 5.11 Å². The van der Waals surface area contributed by atoms with Gasteiger partial charge in [-0.05, 0) is 24.6 Å².